The fourth-order valence-electron chi connectivity index (χ4n) is 7.86. The van der Waals surface area contributed by atoms with E-state index < -0.39 is 6.23 Å². The highest BCUT2D eigenvalue weighted by Crippen LogP contribution is 2.46. The van der Waals surface area contributed by atoms with E-state index in [4.69, 9.17) is 0 Å². The van der Waals surface area contributed by atoms with Gasteiger partial charge in [0.2, 0.25) is 0 Å². The van der Waals surface area contributed by atoms with Gasteiger partial charge in [0.05, 0.1) is 22.3 Å². The molecule has 10 rings (SSSR count). The van der Waals surface area contributed by atoms with E-state index in [0.29, 0.717) is 22.5 Å². The van der Waals surface area contributed by atoms with Crippen LogP contribution in [-0.2, 0) is 0 Å². The lowest BCUT2D eigenvalue weighted by Gasteiger charge is -2.23. The van der Waals surface area contributed by atoms with Crippen molar-refractivity contribution >= 4 is 33.4 Å². The average molecular weight is 699 g/mol. The molecule has 4 heterocycles. The van der Waals surface area contributed by atoms with Crippen LogP contribution in [0.1, 0.15) is 22.1 Å². The first-order valence-corrected chi connectivity index (χ1v) is 17.6. The summed E-state index contributed by atoms with van der Waals surface area (Å²) in [6.45, 7) is 0. The summed E-state index contributed by atoms with van der Waals surface area (Å²) < 4.78 is 2.15. The zero-order valence-corrected chi connectivity index (χ0v) is 28.8. The smallest absolute Gasteiger partial charge is 0.263 e. The molecule has 1 amide bonds. The number of carbonyl (C=O) groups excluding carboxylic acids is 1. The number of amides is 1. The predicted octanol–water partition coefficient (Wildman–Crippen LogP) is 9.68. The molecular formula is C46H30N6O2. The number of aliphatic hydroxyl groups excluding tert-OH is 1. The van der Waals surface area contributed by atoms with Crippen LogP contribution in [0.3, 0.4) is 0 Å². The number of hydrogen-bond acceptors (Lipinski definition) is 6. The summed E-state index contributed by atoms with van der Waals surface area (Å²) in [5.74, 6) is -0.298. The molecule has 1 atom stereocenters. The van der Waals surface area contributed by atoms with Gasteiger partial charge in [0.25, 0.3) is 5.91 Å². The quantitative estimate of drug-likeness (QED) is 0.186. The number of anilines is 1. The Morgan fingerprint density at radius 2 is 1.00 bits per heavy atom. The molecule has 1 aliphatic heterocycles. The number of carbonyl (C=O) groups is 1. The number of para-hydroxylation sites is 2. The van der Waals surface area contributed by atoms with Crippen LogP contribution < -0.4 is 4.90 Å². The van der Waals surface area contributed by atoms with E-state index >= 15 is 4.79 Å². The summed E-state index contributed by atoms with van der Waals surface area (Å²) in [6, 6.07) is 44.3. The van der Waals surface area contributed by atoms with Crippen molar-refractivity contribution in [2.24, 2.45) is 0 Å². The molecule has 0 radical (unpaired) electrons. The van der Waals surface area contributed by atoms with Crippen molar-refractivity contribution in [2.45, 2.75) is 6.23 Å². The van der Waals surface area contributed by atoms with Gasteiger partial charge in [-0.3, -0.25) is 9.69 Å². The number of aromatic nitrogens is 5. The van der Waals surface area contributed by atoms with Crippen molar-refractivity contribution < 1.29 is 9.90 Å². The minimum Gasteiger partial charge on any atom is -0.369 e. The molecule has 1 aliphatic rings. The van der Waals surface area contributed by atoms with Crippen LogP contribution in [0, 0.1) is 0 Å². The first kappa shape index (κ1) is 31.4. The SMILES string of the molecule is O=C1c2c(cccc2-n2c3c(-c4cncnc4)cccc3c3cccc(-c4cncnc4)c32)C(O)N1c1cc(-c2ccccc2)cc(-c2ccccc2)c1. The lowest BCUT2D eigenvalue weighted by Crippen LogP contribution is -2.28. The fraction of sp³-hybridized carbons (Fsp3) is 0.0217. The fourth-order valence-corrected chi connectivity index (χ4v) is 7.86. The highest BCUT2D eigenvalue weighted by Gasteiger charge is 2.40. The predicted molar refractivity (Wildman–Crippen MR) is 212 cm³/mol. The van der Waals surface area contributed by atoms with Crippen molar-refractivity contribution in [1.82, 2.24) is 24.5 Å². The highest BCUT2D eigenvalue weighted by atomic mass is 16.3. The standard InChI is InChI=1S/C46H30N6O2/c53-45-40-18-9-19-41(42(40)46(54)51(45)35-21-31(29-10-3-1-4-11-29)20-32(22-35)30-12-5-2-6-13-30)52-43-36(33-23-47-27-48-24-33)14-7-16-38(43)39-17-8-15-37(44(39)52)34-25-49-28-50-26-34/h1-28,45,53H. The van der Waals surface area contributed by atoms with Crippen molar-refractivity contribution in [3.8, 4) is 50.2 Å². The Morgan fingerprint density at radius 3 is 1.52 bits per heavy atom. The van der Waals surface area contributed by atoms with Crippen LogP contribution in [0.4, 0.5) is 5.69 Å². The maximum atomic E-state index is 15.1. The molecule has 1 N–H and O–H groups in total. The van der Waals surface area contributed by atoms with Crippen LogP contribution in [0.25, 0.3) is 72.0 Å². The monoisotopic (exact) mass is 698 g/mol. The second-order valence-electron chi connectivity index (χ2n) is 13.3. The van der Waals surface area contributed by atoms with E-state index in [-0.39, 0.29) is 5.91 Å². The molecule has 3 aromatic heterocycles. The van der Waals surface area contributed by atoms with E-state index in [2.05, 4.69) is 67.0 Å². The Kier molecular flexibility index (Phi) is 7.42. The third-order valence-corrected chi connectivity index (χ3v) is 10.2. The Morgan fingerprint density at radius 1 is 0.500 bits per heavy atom. The van der Waals surface area contributed by atoms with Gasteiger partial charge >= 0.3 is 0 Å². The van der Waals surface area contributed by atoms with E-state index in [1.54, 1.807) is 24.8 Å². The molecule has 6 aromatic carbocycles. The van der Waals surface area contributed by atoms with Gasteiger partial charge in [0.1, 0.15) is 12.7 Å². The largest absolute Gasteiger partial charge is 0.369 e. The molecule has 0 saturated carbocycles. The molecule has 0 bridgehead atoms. The Bertz CT molecular complexity index is 2710. The van der Waals surface area contributed by atoms with Gasteiger partial charge < -0.3 is 9.67 Å². The van der Waals surface area contributed by atoms with Crippen molar-refractivity contribution in [3.05, 3.63) is 182 Å². The van der Waals surface area contributed by atoms with Crippen molar-refractivity contribution in [2.75, 3.05) is 4.90 Å². The molecule has 0 saturated heterocycles. The van der Waals surface area contributed by atoms with Gasteiger partial charge in [-0.05, 0) is 46.5 Å². The van der Waals surface area contributed by atoms with Crippen LogP contribution in [0.15, 0.2) is 171 Å². The first-order chi connectivity index (χ1) is 26.7. The van der Waals surface area contributed by atoms with Crippen LogP contribution in [0.5, 0.6) is 0 Å². The summed E-state index contributed by atoms with van der Waals surface area (Å²) in [5, 5.41) is 14.2. The number of rotatable bonds is 6. The summed E-state index contributed by atoms with van der Waals surface area (Å²) in [6.07, 6.45) is 9.00. The van der Waals surface area contributed by atoms with Crippen LogP contribution >= 0.6 is 0 Å². The average Bonchev–Trinajstić information content (AvgIpc) is 3.72. The normalized spacial score (nSPS) is 13.8. The van der Waals surface area contributed by atoms with Crippen LogP contribution in [0.2, 0.25) is 0 Å². The number of benzene rings is 6. The molecule has 9 aromatic rings. The van der Waals surface area contributed by atoms with Gasteiger partial charge in [0.15, 0.2) is 6.23 Å². The maximum Gasteiger partial charge on any atom is 0.263 e. The topological polar surface area (TPSA) is 97.0 Å². The highest BCUT2D eigenvalue weighted by molar-refractivity contribution is 6.19. The van der Waals surface area contributed by atoms with E-state index in [9.17, 15) is 5.11 Å². The minimum absolute atomic E-state index is 0.298. The second kappa shape index (κ2) is 12.7. The maximum absolute atomic E-state index is 15.1. The number of fused-ring (bicyclic) bond motifs is 4. The van der Waals surface area contributed by atoms with Crippen LogP contribution in [-0.4, -0.2) is 35.5 Å². The number of nitrogens with zero attached hydrogens (tertiary/aromatic N) is 6. The third-order valence-electron chi connectivity index (χ3n) is 10.2. The van der Waals surface area contributed by atoms with E-state index in [0.717, 1.165) is 66.3 Å². The molecule has 8 nitrogen and oxygen atoms in total. The lowest BCUT2D eigenvalue weighted by molar-refractivity contribution is 0.0935. The molecule has 54 heavy (non-hydrogen) atoms. The zero-order chi connectivity index (χ0) is 36.2. The minimum atomic E-state index is -1.22. The van der Waals surface area contributed by atoms with Gasteiger partial charge in [0, 0.05) is 69.1 Å². The van der Waals surface area contributed by atoms with Gasteiger partial charge in [-0.1, -0.05) is 109 Å². The molecule has 0 fully saturated rings. The Hall–Kier alpha value is -7.29. The molecule has 1 unspecified atom stereocenters. The van der Waals surface area contributed by atoms with Gasteiger partial charge in [-0.2, -0.15) is 0 Å². The summed E-state index contributed by atoms with van der Waals surface area (Å²) >= 11 is 0. The summed E-state index contributed by atoms with van der Waals surface area (Å²) in [7, 11) is 0. The molecule has 256 valence electrons. The molecular weight excluding hydrogens is 669 g/mol. The van der Waals surface area contributed by atoms with Gasteiger partial charge in [-0.25, -0.2) is 19.9 Å². The summed E-state index contributed by atoms with van der Waals surface area (Å²) in [4.78, 5) is 34.0. The van der Waals surface area contributed by atoms with E-state index in [1.165, 1.54) is 17.6 Å². The van der Waals surface area contributed by atoms with Crippen molar-refractivity contribution in [3.63, 3.8) is 0 Å². The van der Waals surface area contributed by atoms with E-state index in [1.807, 2.05) is 91.0 Å². The Balaban J connectivity index is 1.23. The molecule has 8 heteroatoms. The zero-order valence-electron chi connectivity index (χ0n) is 28.8. The summed E-state index contributed by atoms with van der Waals surface area (Å²) in [5.41, 5.74) is 11.4. The lowest BCUT2D eigenvalue weighted by atomic mass is 9.97. The third kappa shape index (κ3) is 5.00. The number of aliphatic hydroxyl groups is 1. The molecule has 0 aliphatic carbocycles. The van der Waals surface area contributed by atoms with Gasteiger partial charge in [-0.15, -0.1) is 0 Å². The Labute approximate surface area is 310 Å². The second-order valence-corrected chi connectivity index (χ2v) is 13.3. The number of hydrogen-bond donors (Lipinski definition) is 1. The van der Waals surface area contributed by atoms with Crippen molar-refractivity contribution in [1.29, 1.82) is 0 Å². The first-order valence-electron chi connectivity index (χ1n) is 17.6. The molecule has 0 spiro atoms.